The highest BCUT2D eigenvalue weighted by molar-refractivity contribution is 9.10. The van der Waals surface area contributed by atoms with Crippen LogP contribution in [0.1, 0.15) is 5.56 Å². The van der Waals surface area contributed by atoms with Gasteiger partial charge in [-0.3, -0.25) is 4.99 Å². The van der Waals surface area contributed by atoms with Crippen molar-refractivity contribution in [2.75, 3.05) is 7.05 Å². The number of nitrogens with zero attached hydrogens (tertiary/aromatic N) is 1. The van der Waals surface area contributed by atoms with Crippen LogP contribution in [-0.2, 0) is 0 Å². The van der Waals surface area contributed by atoms with E-state index in [2.05, 4.69) is 26.3 Å². The summed E-state index contributed by atoms with van der Waals surface area (Å²) >= 11 is 2.97. The Hall–Kier alpha value is -1.01. The van der Waals surface area contributed by atoms with Crippen molar-refractivity contribution in [3.05, 3.63) is 33.8 Å². The van der Waals surface area contributed by atoms with E-state index in [1.807, 2.05) is 0 Å². The minimum atomic E-state index is -0.726. The molecule has 3 N–H and O–H groups in total. The fourth-order valence-electron chi connectivity index (χ4n) is 1.02. The van der Waals surface area contributed by atoms with Gasteiger partial charge in [0.15, 0.2) is 0 Å². The Morgan fingerprint density at radius 3 is 2.29 bits per heavy atom. The molecule has 1 rings (SSSR count). The number of nitrogens with one attached hydrogen (secondary N) is 1. The third-order valence-electron chi connectivity index (χ3n) is 1.60. The molecule has 6 heteroatoms. The number of hydrogen-bond donors (Lipinski definition) is 2. The van der Waals surface area contributed by atoms with Crippen molar-refractivity contribution in [3.8, 4) is 0 Å². The van der Waals surface area contributed by atoms with Gasteiger partial charge in [-0.15, -0.1) is 0 Å². The third kappa shape index (κ3) is 2.08. The molecule has 3 nitrogen and oxygen atoms in total. The van der Waals surface area contributed by atoms with E-state index in [0.29, 0.717) is 4.47 Å². The minimum Gasteiger partial charge on any atom is -0.308 e. The van der Waals surface area contributed by atoms with Gasteiger partial charge in [0.2, 0.25) is 0 Å². The Bertz CT molecular complexity index is 356. The Morgan fingerprint density at radius 2 is 1.93 bits per heavy atom. The SMILES string of the molecule is CN=C(NN)c1c(F)cc(Br)cc1F. The molecule has 0 unspecified atom stereocenters. The van der Waals surface area contributed by atoms with Crippen LogP contribution in [0, 0.1) is 11.6 Å². The van der Waals surface area contributed by atoms with Crippen LogP contribution in [0.5, 0.6) is 0 Å². The number of halogens is 3. The number of benzene rings is 1. The standard InChI is InChI=1S/C8H8BrF2N3/c1-13-8(14-12)7-5(10)2-4(9)3-6(7)11/h2-3H,12H2,1H3,(H,13,14). The fourth-order valence-corrected chi connectivity index (χ4v) is 1.42. The largest absolute Gasteiger partial charge is 0.308 e. The molecule has 0 bridgehead atoms. The second-order valence-electron chi connectivity index (χ2n) is 2.46. The van der Waals surface area contributed by atoms with Gasteiger partial charge < -0.3 is 5.43 Å². The maximum Gasteiger partial charge on any atom is 0.148 e. The Balaban J connectivity index is 3.34. The van der Waals surface area contributed by atoms with Crippen LogP contribution in [0.4, 0.5) is 8.78 Å². The first-order valence-electron chi connectivity index (χ1n) is 3.68. The molecule has 0 aliphatic heterocycles. The molecular weight excluding hydrogens is 256 g/mol. The number of hydrazine groups is 1. The summed E-state index contributed by atoms with van der Waals surface area (Å²) in [6.07, 6.45) is 0. The molecule has 0 aliphatic rings. The Morgan fingerprint density at radius 1 is 1.43 bits per heavy atom. The first-order chi connectivity index (χ1) is 6.60. The van der Waals surface area contributed by atoms with Gasteiger partial charge in [0, 0.05) is 11.5 Å². The van der Waals surface area contributed by atoms with Crippen LogP contribution in [-0.4, -0.2) is 12.9 Å². The molecular formula is C8H8BrF2N3. The highest BCUT2D eigenvalue weighted by Crippen LogP contribution is 2.19. The summed E-state index contributed by atoms with van der Waals surface area (Å²) < 4.78 is 26.9. The first-order valence-corrected chi connectivity index (χ1v) is 4.47. The smallest absolute Gasteiger partial charge is 0.148 e. The van der Waals surface area contributed by atoms with E-state index in [9.17, 15) is 8.78 Å². The maximum absolute atomic E-state index is 13.3. The molecule has 0 aliphatic carbocycles. The van der Waals surface area contributed by atoms with Crippen LogP contribution >= 0.6 is 15.9 Å². The molecule has 1 aromatic carbocycles. The van der Waals surface area contributed by atoms with Gasteiger partial charge in [0.25, 0.3) is 0 Å². The van der Waals surface area contributed by atoms with Gasteiger partial charge in [0.05, 0.1) is 5.56 Å². The van der Waals surface area contributed by atoms with E-state index in [0.717, 1.165) is 12.1 Å². The number of aliphatic imine (C=N–C) groups is 1. The molecule has 0 fully saturated rings. The van der Waals surface area contributed by atoms with E-state index in [4.69, 9.17) is 5.84 Å². The van der Waals surface area contributed by atoms with E-state index in [1.54, 1.807) is 0 Å². The van der Waals surface area contributed by atoms with Crippen molar-refractivity contribution in [2.45, 2.75) is 0 Å². The van der Waals surface area contributed by atoms with Crippen LogP contribution < -0.4 is 11.3 Å². The van der Waals surface area contributed by atoms with Gasteiger partial charge >= 0.3 is 0 Å². The predicted molar refractivity (Wildman–Crippen MR) is 53.8 cm³/mol. The Kier molecular flexibility index (Phi) is 3.54. The summed E-state index contributed by atoms with van der Waals surface area (Å²) in [5.41, 5.74) is 1.86. The van der Waals surface area contributed by atoms with Crippen molar-refractivity contribution in [3.63, 3.8) is 0 Å². The summed E-state index contributed by atoms with van der Waals surface area (Å²) in [5, 5.41) is 0. The number of amidine groups is 1. The van der Waals surface area contributed by atoms with Crippen LogP contribution in [0.3, 0.4) is 0 Å². The van der Waals surface area contributed by atoms with Gasteiger partial charge in [-0.1, -0.05) is 15.9 Å². The lowest BCUT2D eigenvalue weighted by atomic mass is 10.2. The number of hydrogen-bond acceptors (Lipinski definition) is 2. The molecule has 0 saturated carbocycles. The van der Waals surface area contributed by atoms with E-state index in [1.165, 1.54) is 7.05 Å². The maximum atomic E-state index is 13.3. The van der Waals surface area contributed by atoms with Crippen molar-refractivity contribution >= 4 is 21.8 Å². The fraction of sp³-hybridized carbons (Fsp3) is 0.125. The summed E-state index contributed by atoms with van der Waals surface area (Å²) in [6.45, 7) is 0. The normalized spacial score (nSPS) is 11.6. The van der Waals surface area contributed by atoms with Crippen LogP contribution in [0.25, 0.3) is 0 Å². The zero-order chi connectivity index (χ0) is 10.7. The monoisotopic (exact) mass is 263 g/mol. The second-order valence-corrected chi connectivity index (χ2v) is 3.38. The van der Waals surface area contributed by atoms with E-state index >= 15 is 0 Å². The summed E-state index contributed by atoms with van der Waals surface area (Å²) in [4.78, 5) is 3.61. The zero-order valence-electron chi connectivity index (χ0n) is 7.31. The molecule has 14 heavy (non-hydrogen) atoms. The second kappa shape index (κ2) is 4.47. The van der Waals surface area contributed by atoms with Crippen molar-refractivity contribution in [2.24, 2.45) is 10.8 Å². The van der Waals surface area contributed by atoms with Gasteiger partial charge in [-0.2, -0.15) is 0 Å². The summed E-state index contributed by atoms with van der Waals surface area (Å²) in [7, 11) is 1.39. The molecule has 0 spiro atoms. The number of rotatable bonds is 1. The minimum absolute atomic E-state index is 0.0347. The lowest BCUT2D eigenvalue weighted by Gasteiger charge is -2.07. The topological polar surface area (TPSA) is 50.4 Å². The molecule has 1 aromatic rings. The molecule has 0 amide bonds. The average Bonchev–Trinajstić information content (AvgIpc) is 2.10. The lowest BCUT2D eigenvalue weighted by Crippen LogP contribution is -2.32. The molecule has 0 aromatic heterocycles. The average molecular weight is 264 g/mol. The van der Waals surface area contributed by atoms with Gasteiger partial charge in [-0.05, 0) is 12.1 Å². The van der Waals surface area contributed by atoms with Crippen molar-refractivity contribution < 1.29 is 8.78 Å². The quantitative estimate of drug-likeness (QED) is 0.350. The third-order valence-corrected chi connectivity index (χ3v) is 2.06. The Labute approximate surface area is 88.1 Å². The highest BCUT2D eigenvalue weighted by Gasteiger charge is 2.14. The number of nitrogens with two attached hydrogens (primary N) is 1. The molecule has 0 heterocycles. The van der Waals surface area contributed by atoms with Crippen LogP contribution in [0.15, 0.2) is 21.6 Å². The van der Waals surface area contributed by atoms with Gasteiger partial charge in [0.1, 0.15) is 17.5 Å². The summed E-state index contributed by atoms with van der Waals surface area (Å²) in [5.74, 6) is 3.58. The van der Waals surface area contributed by atoms with Gasteiger partial charge in [-0.25, -0.2) is 14.6 Å². The molecule has 0 radical (unpaired) electrons. The van der Waals surface area contributed by atoms with Crippen molar-refractivity contribution in [1.29, 1.82) is 0 Å². The zero-order valence-corrected chi connectivity index (χ0v) is 8.90. The molecule has 76 valence electrons. The van der Waals surface area contributed by atoms with Crippen molar-refractivity contribution in [1.82, 2.24) is 5.43 Å². The first kappa shape index (κ1) is 11.1. The molecule has 0 atom stereocenters. The molecule has 0 saturated heterocycles. The summed E-state index contributed by atoms with van der Waals surface area (Å²) in [6, 6.07) is 2.28. The van der Waals surface area contributed by atoms with E-state index in [-0.39, 0.29) is 11.4 Å². The van der Waals surface area contributed by atoms with Crippen LogP contribution in [0.2, 0.25) is 0 Å². The van der Waals surface area contributed by atoms with E-state index < -0.39 is 11.6 Å². The predicted octanol–water partition coefficient (Wildman–Crippen LogP) is 1.57. The highest BCUT2D eigenvalue weighted by atomic mass is 79.9. The lowest BCUT2D eigenvalue weighted by molar-refractivity contribution is 0.575.